The summed E-state index contributed by atoms with van der Waals surface area (Å²) in [5.41, 5.74) is 13.0. The molecule has 11 nitrogen and oxygen atoms in total. The number of rotatable bonds is 6. The highest BCUT2D eigenvalue weighted by Crippen LogP contribution is 2.18. The van der Waals surface area contributed by atoms with Gasteiger partial charge in [0.2, 0.25) is 5.78 Å². The van der Waals surface area contributed by atoms with Crippen LogP contribution in [0.4, 0.5) is 0 Å². The number of aliphatic carboxylic acids is 1. The van der Waals surface area contributed by atoms with Crippen LogP contribution in [0.2, 0.25) is 0 Å². The number of hydrogen-bond acceptors (Lipinski definition) is 8. The van der Waals surface area contributed by atoms with Crippen molar-refractivity contribution in [3.63, 3.8) is 0 Å². The summed E-state index contributed by atoms with van der Waals surface area (Å²) in [5, 5.41) is 43.3. The predicted molar refractivity (Wildman–Crippen MR) is 69.5 cm³/mol. The largest absolute Gasteiger partial charge is 0.480 e. The van der Waals surface area contributed by atoms with Crippen LogP contribution in [0.3, 0.4) is 0 Å². The molecule has 126 valence electrons. The third kappa shape index (κ3) is 6.83. The minimum absolute atomic E-state index is 0.0302. The van der Waals surface area contributed by atoms with Gasteiger partial charge in [-0.25, -0.2) is 0 Å². The Morgan fingerprint density at radius 2 is 1.91 bits per heavy atom. The second-order valence-corrected chi connectivity index (χ2v) is 4.42. The van der Waals surface area contributed by atoms with Crippen molar-refractivity contribution < 1.29 is 44.6 Å². The van der Waals surface area contributed by atoms with Crippen LogP contribution in [-0.2, 0) is 14.3 Å². The number of ether oxygens (including phenoxy) is 1. The lowest BCUT2D eigenvalue weighted by Gasteiger charge is -2.09. The molecule has 22 heavy (non-hydrogen) atoms. The van der Waals surface area contributed by atoms with Crippen LogP contribution in [-0.4, -0.2) is 85.5 Å². The first-order valence-corrected chi connectivity index (χ1v) is 6.23. The van der Waals surface area contributed by atoms with Gasteiger partial charge in [0.1, 0.15) is 24.4 Å². The van der Waals surface area contributed by atoms with Gasteiger partial charge in [-0.15, -0.1) is 0 Å². The maximum Gasteiger partial charge on any atom is 0.323 e. The van der Waals surface area contributed by atoms with Crippen molar-refractivity contribution in [2.75, 3.05) is 6.61 Å². The summed E-state index contributed by atoms with van der Waals surface area (Å²) in [6.07, 6.45) is -4.03. The Labute approximate surface area is 125 Å². The van der Waals surface area contributed by atoms with Crippen molar-refractivity contribution in [1.29, 1.82) is 0 Å². The van der Waals surface area contributed by atoms with Crippen LogP contribution in [0.5, 0.6) is 0 Å². The number of carboxylic acid groups (broad SMARTS) is 1. The number of ketones is 1. The number of Topliss-reactive ketones (excluding diaryl/α,β-unsaturated/α-hetero) is 1. The molecule has 11 heteroatoms. The van der Waals surface area contributed by atoms with Crippen LogP contribution in [0.15, 0.2) is 0 Å². The van der Waals surface area contributed by atoms with Gasteiger partial charge in [-0.1, -0.05) is 0 Å². The van der Waals surface area contributed by atoms with E-state index in [2.05, 4.69) is 9.53 Å². The zero-order valence-corrected chi connectivity index (χ0v) is 11.5. The zero-order chi connectivity index (χ0) is 17.3. The molecular formula is C11H19N3O8. The molecule has 0 aromatic rings. The molecule has 1 saturated heterocycles. The molecule has 0 spiro atoms. The number of nitrogens with two attached hydrogens (primary N) is 1. The van der Waals surface area contributed by atoms with E-state index in [4.69, 9.17) is 36.8 Å². The Morgan fingerprint density at radius 1 is 1.32 bits per heavy atom. The second kappa shape index (κ2) is 10.1. The number of aliphatic hydroxyl groups is 4. The van der Waals surface area contributed by atoms with Gasteiger partial charge in [-0.05, 0) is 6.42 Å². The van der Waals surface area contributed by atoms with Crippen molar-refractivity contribution in [3.8, 4) is 0 Å². The molecule has 1 unspecified atom stereocenters. The van der Waals surface area contributed by atoms with Crippen LogP contribution in [0.1, 0.15) is 12.8 Å². The standard InChI is InChI=1S/C6H9N3O3.C5H10O5/c7-5(6(11)12)2-1-4(10)3-9-8;6-1-2-3(7)4(8)5(9)10-2/h3,5H,1-2,7H2,(H,11,12);2-9H,1H2/t5-;2-,3-,4+,5?/m01/s1. The molecule has 1 fully saturated rings. The Kier molecular flexibility index (Phi) is 9.29. The number of carbonyl (C=O) groups is 2. The van der Waals surface area contributed by atoms with E-state index in [1.165, 1.54) is 0 Å². The van der Waals surface area contributed by atoms with E-state index < -0.39 is 49.0 Å². The van der Waals surface area contributed by atoms with Crippen molar-refractivity contribution in [1.82, 2.24) is 0 Å². The number of nitrogens with zero attached hydrogens (tertiary/aromatic N) is 2. The van der Waals surface area contributed by atoms with Gasteiger partial charge < -0.3 is 41.5 Å². The molecule has 5 atom stereocenters. The van der Waals surface area contributed by atoms with Gasteiger partial charge in [-0.2, -0.15) is 4.79 Å². The number of aliphatic hydroxyl groups excluding tert-OH is 4. The molecule has 1 rings (SSSR count). The van der Waals surface area contributed by atoms with Crippen molar-refractivity contribution >= 4 is 18.0 Å². The van der Waals surface area contributed by atoms with E-state index in [0.29, 0.717) is 6.21 Å². The van der Waals surface area contributed by atoms with Crippen LogP contribution < -0.4 is 5.73 Å². The highest BCUT2D eigenvalue weighted by molar-refractivity contribution is 6.25. The van der Waals surface area contributed by atoms with Gasteiger partial charge in [0.05, 0.1) is 6.61 Å². The quantitative estimate of drug-likeness (QED) is 0.162. The summed E-state index contributed by atoms with van der Waals surface area (Å²) in [5.74, 6) is -1.60. The SMILES string of the molecule is OC[C@H]1OC(O)[C@@H](O)[C@@H]1O.[N-]=[N+]=CC(=O)CC[C@H](N)C(=O)O. The summed E-state index contributed by atoms with van der Waals surface area (Å²) in [6.45, 7) is -0.407. The summed E-state index contributed by atoms with van der Waals surface area (Å²) in [7, 11) is 0. The molecule has 0 amide bonds. The van der Waals surface area contributed by atoms with E-state index in [9.17, 15) is 9.59 Å². The number of carboxylic acids is 1. The predicted octanol–water partition coefficient (Wildman–Crippen LogP) is -3.53. The highest BCUT2D eigenvalue weighted by Gasteiger charge is 2.41. The molecule has 0 aliphatic carbocycles. The fourth-order valence-corrected chi connectivity index (χ4v) is 1.43. The highest BCUT2D eigenvalue weighted by atomic mass is 16.6. The van der Waals surface area contributed by atoms with Gasteiger partial charge >= 0.3 is 12.2 Å². The van der Waals surface area contributed by atoms with Crippen molar-refractivity contribution in [2.45, 2.75) is 43.5 Å². The summed E-state index contributed by atoms with van der Waals surface area (Å²) >= 11 is 0. The lowest BCUT2D eigenvalue weighted by Crippen LogP contribution is -2.33. The molecule has 0 radical (unpaired) electrons. The van der Waals surface area contributed by atoms with E-state index in [1.807, 2.05) is 0 Å². The van der Waals surface area contributed by atoms with Crippen molar-refractivity contribution in [2.24, 2.45) is 5.73 Å². The minimum Gasteiger partial charge on any atom is -0.480 e. The third-order valence-electron chi connectivity index (χ3n) is 2.74. The maximum absolute atomic E-state index is 10.6. The zero-order valence-electron chi connectivity index (χ0n) is 11.5. The number of carbonyl (C=O) groups excluding carboxylic acids is 1. The maximum atomic E-state index is 10.6. The molecular weight excluding hydrogens is 302 g/mol. The van der Waals surface area contributed by atoms with Gasteiger partial charge in [0.25, 0.3) is 0 Å². The van der Waals surface area contributed by atoms with E-state index >= 15 is 0 Å². The van der Waals surface area contributed by atoms with Gasteiger partial charge in [-0.3, -0.25) is 9.59 Å². The number of hydrogen-bond donors (Lipinski definition) is 6. The second-order valence-electron chi connectivity index (χ2n) is 4.42. The van der Waals surface area contributed by atoms with Crippen molar-refractivity contribution in [3.05, 3.63) is 5.53 Å². The first-order chi connectivity index (χ1) is 10.2. The van der Waals surface area contributed by atoms with E-state index in [1.54, 1.807) is 0 Å². The average Bonchev–Trinajstić information content (AvgIpc) is 2.72. The van der Waals surface area contributed by atoms with Gasteiger partial charge in [0, 0.05) is 6.42 Å². The molecule has 0 saturated carbocycles. The monoisotopic (exact) mass is 321 g/mol. The smallest absolute Gasteiger partial charge is 0.323 e. The van der Waals surface area contributed by atoms with Crippen LogP contribution >= 0.6 is 0 Å². The summed E-state index contributed by atoms with van der Waals surface area (Å²) in [4.78, 5) is 23.3. The Bertz CT molecular complexity index is 426. The molecule has 0 aromatic heterocycles. The normalized spacial score (nSPS) is 28.0. The molecule has 1 aliphatic rings. The molecule has 1 aliphatic heterocycles. The van der Waals surface area contributed by atoms with Gasteiger partial charge in [0.15, 0.2) is 6.29 Å². The fourth-order valence-electron chi connectivity index (χ4n) is 1.43. The first kappa shape index (κ1) is 20.3. The topological polar surface area (TPSA) is 207 Å². The Hall–Kier alpha value is -1.72. The average molecular weight is 321 g/mol. The van der Waals surface area contributed by atoms with E-state index in [-0.39, 0.29) is 12.8 Å². The summed E-state index contributed by atoms with van der Waals surface area (Å²) < 4.78 is 4.54. The third-order valence-corrected chi connectivity index (χ3v) is 2.74. The Morgan fingerprint density at radius 3 is 2.23 bits per heavy atom. The molecule has 0 bridgehead atoms. The van der Waals surface area contributed by atoms with Crippen LogP contribution in [0.25, 0.3) is 5.53 Å². The molecule has 0 aromatic carbocycles. The lowest BCUT2D eigenvalue weighted by atomic mass is 10.1. The fraction of sp³-hybridized carbons (Fsp3) is 0.727. The minimum atomic E-state index is -1.38. The molecule has 1 heterocycles. The van der Waals surface area contributed by atoms with E-state index in [0.717, 1.165) is 0 Å². The molecule has 7 N–H and O–H groups in total. The summed E-state index contributed by atoms with van der Waals surface area (Å²) in [6, 6.07) is -1.04. The first-order valence-electron chi connectivity index (χ1n) is 6.23. The Balaban J connectivity index is 0.000000406. The lowest BCUT2D eigenvalue weighted by molar-refractivity contribution is -0.138. The van der Waals surface area contributed by atoms with Crippen LogP contribution in [0, 0.1) is 0 Å².